The highest BCUT2D eigenvalue weighted by atomic mass is 19.2. The monoisotopic (exact) mass is 342 g/mol. The van der Waals surface area contributed by atoms with Gasteiger partial charge < -0.3 is 5.32 Å². The predicted octanol–water partition coefficient (Wildman–Crippen LogP) is 2.96. The van der Waals surface area contributed by atoms with Crippen molar-refractivity contribution in [1.29, 1.82) is 0 Å². The maximum Gasteiger partial charge on any atom is 0.251 e. The second-order valence-electron chi connectivity index (χ2n) is 5.52. The van der Waals surface area contributed by atoms with Gasteiger partial charge in [0.15, 0.2) is 11.6 Å². The van der Waals surface area contributed by atoms with Gasteiger partial charge in [-0.25, -0.2) is 8.78 Å². The van der Waals surface area contributed by atoms with Crippen LogP contribution in [0.15, 0.2) is 48.8 Å². The Bertz CT molecular complexity index is 893. The first-order chi connectivity index (χ1) is 12.0. The summed E-state index contributed by atoms with van der Waals surface area (Å²) in [5.74, 6) is -2.49. The fraction of sp³-hybridized carbons (Fsp3) is 0.167. The van der Waals surface area contributed by atoms with E-state index in [-0.39, 0.29) is 5.56 Å². The van der Waals surface area contributed by atoms with Crippen LogP contribution < -0.4 is 5.32 Å². The molecule has 0 unspecified atom stereocenters. The zero-order valence-corrected chi connectivity index (χ0v) is 13.5. The lowest BCUT2D eigenvalue weighted by Crippen LogP contribution is -2.27. The Morgan fingerprint density at radius 2 is 2.04 bits per heavy atom. The Labute approximate surface area is 143 Å². The molecule has 0 aliphatic heterocycles. The number of rotatable bonds is 5. The second kappa shape index (κ2) is 7.21. The minimum Gasteiger partial charge on any atom is -0.350 e. The van der Waals surface area contributed by atoms with Crippen LogP contribution >= 0.6 is 0 Å². The first-order valence-electron chi connectivity index (χ1n) is 7.72. The zero-order valence-electron chi connectivity index (χ0n) is 13.5. The SMILES string of the molecule is Cc1cc(-c2cccnc2)nn1CCNC(=O)c1ccc(F)c(F)c1. The lowest BCUT2D eigenvalue weighted by Gasteiger charge is -2.07. The van der Waals surface area contributed by atoms with E-state index in [4.69, 9.17) is 0 Å². The minimum atomic E-state index is -1.04. The van der Waals surface area contributed by atoms with Crippen LogP contribution in [-0.2, 0) is 6.54 Å². The summed E-state index contributed by atoms with van der Waals surface area (Å²) < 4.78 is 27.8. The van der Waals surface area contributed by atoms with Crippen LogP contribution in [-0.4, -0.2) is 27.2 Å². The molecule has 0 aliphatic carbocycles. The third-order valence-electron chi connectivity index (χ3n) is 3.73. The molecule has 0 aliphatic rings. The molecule has 5 nitrogen and oxygen atoms in total. The number of nitrogens with one attached hydrogen (secondary N) is 1. The number of benzene rings is 1. The second-order valence-corrected chi connectivity index (χ2v) is 5.52. The van der Waals surface area contributed by atoms with Gasteiger partial charge in [-0.1, -0.05) is 0 Å². The Hall–Kier alpha value is -3.09. The fourth-order valence-corrected chi connectivity index (χ4v) is 2.41. The van der Waals surface area contributed by atoms with Crippen LogP contribution in [0.3, 0.4) is 0 Å². The van der Waals surface area contributed by atoms with Crippen molar-refractivity contribution in [2.24, 2.45) is 0 Å². The number of carbonyl (C=O) groups is 1. The van der Waals surface area contributed by atoms with Gasteiger partial charge in [-0.2, -0.15) is 5.10 Å². The van der Waals surface area contributed by atoms with Gasteiger partial charge in [-0.3, -0.25) is 14.5 Å². The lowest BCUT2D eigenvalue weighted by molar-refractivity contribution is 0.0951. The molecule has 1 aromatic carbocycles. The van der Waals surface area contributed by atoms with E-state index in [1.165, 1.54) is 6.07 Å². The third-order valence-corrected chi connectivity index (χ3v) is 3.73. The van der Waals surface area contributed by atoms with Crippen LogP contribution in [0.1, 0.15) is 16.1 Å². The number of halogens is 2. The van der Waals surface area contributed by atoms with Crippen molar-refractivity contribution >= 4 is 5.91 Å². The van der Waals surface area contributed by atoms with Crippen molar-refractivity contribution in [2.45, 2.75) is 13.5 Å². The number of aromatic nitrogens is 3. The third kappa shape index (κ3) is 3.88. The van der Waals surface area contributed by atoms with E-state index in [0.29, 0.717) is 13.1 Å². The van der Waals surface area contributed by atoms with Gasteiger partial charge in [-0.05, 0) is 43.3 Å². The van der Waals surface area contributed by atoms with Crippen molar-refractivity contribution in [2.75, 3.05) is 6.54 Å². The molecule has 1 amide bonds. The summed E-state index contributed by atoms with van der Waals surface area (Å²) in [6, 6.07) is 8.75. The first kappa shape index (κ1) is 16.8. The van der Waals surface area contributed by atoms with Crippen molar-refractivity contribution in [3.8, 4) is 11.3 Å². The Balaban J connectivity index is 1.61. The number of amides is 1. The van der Waals surface area contributed by atoms with Crippen molar-refractivity contribution in [1.82, 2.24) is 20.1 Å². The molecule has 7 heteroatoms. The van der Waals surface area contributed by atoms with E-state index < -0.39 is 17.5 Å². The summed E-state index contributed by atoms with van der Waals surface area (Å²) >= 11 is 0. The molecule has 0 radical (unpaired) electrons. The zero-order chi connectivity index (χ0) is 17.8. The van der Waals surface area contributed by atoms with Crippen molar-refractivity contribution in [3.63, 3.8) is 0 Å². The van der Waals surface area contributed by atoms with Crippen molar-refractivity contribution in [3.05, 3.63) is 71.7 Å². The highest BCUT2D eigenvalue weighted by Gasteiger charge is 2.10. The van der Waals surface area contributed by atoms with Crippen LogP contribution in [0, 0.1) is 18.6 Å². The average molecular weight is 342 g/mol. The molecule has 0 spiro atoms. The largest absolute Gasteiger partial charge is 0.350 e. The Morgan fingerprint density at radius 3 is 2.76 bits per heavy atom. The normalized spacial score (nSPS) is 10.7. The summed E-state index contributed by atoms with van der Waals surface area (Å²) in [4.78, 5) is 16.0. The quantitative estimate of drug-likeness (QED) is 0.775. The number of nitrogens with zero attached hydrogens (tertiary/aromatic N) is 3. The number of hydrogen-bond acceptors (Lipinski definition) is 3. The number of aryl methyl sites for hydroxylation is 1. The molecular formula is C18H16F2N4O. The van der Waals surface area contributed by atoms with E-state index in [9.17, 15) is 13.6 Å². The highest BCUT2D eigenvalue weighted by Crippen LogP contribution is 2.17. The molecule has 3 aromatic rings. The standard InChI is InChI=1S/C18H16F2N4O/c1-12-9-17(14-3-2-6-21-11-14)23-24(12)8-7-22-18(25)13-4-5-15(19)16(20)10-13/h2-6,9-11H,7-8H2,1H3,(H,22,25). The van der Waals surface area contributed by atoms with Gasteiger partial charge in [0, 0.05) is 35.8 Å². The summed E-state index contributed by atoms with van der Waals surface area (Å²) in [5, 5.41) is 7.16. The van der Waals surface area contributed by atoms with E-state index in [0.717, 1.165) is 29.1 Å². The smallest absolute Gasteiger partial charge is 0.251 e. The van der Waals surface area contributed by atoms with Crippen LogP contribution in [0.2, 0.25) is 0 Å². The van der Waals surface area contributed by atoms with E-state index in [1.807, 2.05) is 25.1 Å². The van der Waals surface area contributed by atoms with Crippen LogP contribution in [0.25, 0.3) is 11.3 Å². The molecule has 0 fully saturated rings. The summed E-state index contributed by atoms with van der Waals surface area (Å²) in [5.41, 5.74) is 2.74. The summed E-state index contributed by atoms with van der Waals surface area (Å²) in [6.45, 7) is 2.69. The average Bonchev–Trinajstić information content (AvgIpc) is 2.99. The maximum absolute atomic E-state index is 13.2. The maximum atomic E-state index is 13.2. The number of pyridine rings is 1. The topological polar surface area (TPSA) is 59.8 Å². The van der Waals surface area contributed by atoms with Gasteiger partial charge in [0.2, 0.25) is 0 Å². The van der Waals surface area contributed by atoms with Crippen molar-refractivity contribution < 1.29 is 13.6 Å². The molecule has 3 rings (SSSR count). The Morgan fingerprint density at radius 1 is 1.20 bits per heavy atom. The molecule has 25 heavy (non-hydrogen) atoms. The lowest BCUT2D eigenvalue weighted by atomic mass is 10.2. The van der Waals surface area contributed by atoms with Crippen LogP contribution in [0.4, 0.5) is 8.78 Å². The molecular weight excluding hydrogens is 326 g/mol. The molecule has 1 N–H and O–H groups in total. The molecule has 2 aromatic heterocycles. The van der Waals surface area contributed by atoms with Gasteiger partial charge >= 0.3 is 0 Å². The summed E-state index contributed by atoms with van der Waals surface area (Å²) in [6.07, 6.45) is 3.43. The van der Waals surface area contributed by atoms with Gasteiger partial charge in [0.25, 0.3) is 5.91 Å². The van der Waals surface area contributed by atoms with Gasteiger partial charge in [0.05, 0.1) is 12.2 Å². The molecule has 0 bridgehead atoms. The molecule has 128 valence electrons. The van der Waals surface area contributed by atoms with Gasteiger partial charge in [-0.15, -0.1) is 0 Å². The molecule has 0 atom stereocenters. The van der Waals surface area contributed by atoms with E-state index in [2.05, 4.69) is 15.4 Å². The van der Waals surface area contributed by atoms with E-state index >= 15 is 0 Å². The summed E-state index contributed by atoms with van der Waals surface area (Å²) in [7, 11) is 0. The predicted molar refractivity (Wildman–Crippen MR) is 88.9 cm³/mol. The van der Waals surface area contributed by atoms with Crippen LogP contribution in [0.5, 0.6) is 0 Å². The van der Waals surface area contributed by atoms with E-state index in [1.54, 1.807) is 17.1 Å². The van der Waals surface area contributed by atoms with Gasteiger partial charge in [0.1, 0.15) is 0 Å². The molecule has 2 heterocycles. The molecule has 0 saturated heterocycles. The first-order valence-corrected chi connectivity index (χ1v) is 7.72. The number of carbonyl (C=O) groups excluding carboxylic acids is 1. The number of hydrogen-bond donors (Lipinski definition) is 1. The highest BCUT2D eigenvalue weighted by molar-refractivity contribution is 5.94. The Kier molecular flexibility index (Phi) is 4.83. The minimum absolute atomic E-state index is 0.0761. The fourth-order valence-electron chi connectivity index (χ4n) is 2.41. The molecule has 0 saturated carbocycles.